The molecular weight excluding hydrogens is 598 g/mol. The molecule has 19 heteroatoms. The SMILES string of the molecule is Nc1ncnc2c1ncn2[C@@H]1S[C@@H]2COPO[C@@H]3[C@H](O)[C@@H](COPOC[C@H]2[C@H]1O)O[C@H]3n1ccc(=O)n2ccnc12. The summed E-state index contributed by atoms with van der Waals surface area (Å²) >= 11 is 1.52. The van der Waals surface area contributed by atoms with Crippen LogP contribution in [-0.4, -0.2) is 93.2 Å². The second-order valence-corrected chi connectivity index (χ2v) is 12.5. The van der Waals surface area contributed by atoms with E-state index in [0.29, 0.717) is 16.9 Å². The molecular formula is C22H26N8O8P2S. The Kier molecular flexibility index (Phi) is 7.66. The minimum Gasteiger partial charge on any atom is -0.390 e. The lowest BCUT2D eigenvalue weighted by Crippen LogP contribution is -2.35. The monoisotopic (exact) mass is 624 g/mol. The first-order valence-corrected chi connectivity index (χ1v) is 15.2. The quantitative estimate of drug-likeness (QED) is 0.257. The van der Waals surface area contributed by atoms with E-state index in [4.69, 9.17) is 28.6 Å². The van der Waals surface area contributed by atoms with Gasteiger partial charge < -0.3 is 38.8 Å². The van der Waals surface area contributed by atoms with Crippen molar-refractivity contribution in [2.24, 2.45) is 5.92 Å². The van der Waals surface area contributed by atoms with Gasteiger partial charge in [0.1, 0.15) is 35.5 Å². The van der Waals surface area contributed by atoms with Gasteiger partial charge in [0, 0.05) is 35.8 Å². The summed E-state index contributed by atoms with van der Waals surface area (Å²) in [6.07, 6.45) is 3.41. The maximum atomic E-state index is 12.2. The van der Waals surface area contributed by atoms with Gasteiger partial charge in [0.15, 0.2) is 35.8 Å². The smallest absolute Gasteiger partial charge is 0.258 e. The molecule has 4 aromatic heterocycles. The molecule has 7 heterocycles. The highest BCUT2D eigenvalue weighted by atomic mass is 32.2. The van der Waals surface area contributed by atoms with Crippen LogP contribution in [0.2, 0.25) is 0 Å². The summed E-state index contributed by atoms with van der Waals surface area (Å²) in [5.41, 5.74) is 6.71. The van der Waals surface area contributed by atoms with Crippen molar-refractivity contribution < 1.29 is 33.0 Å². The van der Waals surface area contributed by atoms with Crippen molar-refractivity contribution in [3.63, 3.8) is 0 Å². The van der Waals surface area contributed by atoms with E-state index in [-0.39, 0.29) is 51.4 Å². The predicted molar refractivity (Wildman–Crippen MR) is 148 cm³/mol. The first-order chi connectivity index (χ1) is 20.0. The summed E-state index contributed by atoms with van der Waals surface area (Å²) in [7, 11) is -0.792. The van der Waals surface area contributed by atoms with Gasteiger partial charge in [-0.25, -0.2) is 19.9 Å². The summed E-state index contributed by atoms with van der Waals surface area (Å²) in [6.45, 7) is 0.513. The topological polar surface area (TPSA) is 196 Å². The molecule has 3 aliphatic heterocycles. The Bertz CT molecular complexity index is 1610. The van der Waals surface area contributed by atoms with E-state index in [2.05, 4.69) is 19.9 Å². The minimum atomic E-state index is -1.04. The Morgan fingerprint density at radius 2 is 1.85 bits per heavy atom. The number of thioether (sulfide) groups is 1. The van der Waals surface area contributed by atoms with Crippen LogP contribution >= 0.6 is 29.8 Å². The molecule has 16 nitrogen and oxygen atoms in total. The fourth-order valence-electron chi connectivity index (χ4n) is 5.30. The lowest BCUT2D eigenvalue weighted by atomic mass is 10.00. The van der Waals surface area contributed by atoms with E-state index in [1.807, 2.05) is 0 Å². The Morgan fingerprint density at radius 3 is 2.76 bits per heavy atom. The number of nitrogens with two attached hydrogens (primary N) is 1. The van der Waals surface area contributed by atoms with Crippen molar-refractivity contribution in [2.45, 2.75) is 41.3 Å². The number of fused-ring (bicyclic) bond motifs is 5. The van der Waals surface area contributed by atoms with Crippen LogP contribution in [0.15, 0.2) is 42.1 Å². The highest BCUT2D eigenvalue weighted by Gasteiger charge is 2.48. The molecule has 0 aliphatic carbocycles. The Labute approximate surface area is 239 Å². The van der Waals surface area contributed by atoms with Gasteiger partial charge in [-0.2, -0.15) is 0 Å². The summed E-state index contributed by atoms with van der Waals surface area (Å²) in [5, 5.41) is 21.8. The number of rotatable bonds is 2. The molecule has 0 spiro atoms. The van der Waals surface area contributed by atoms with Gasteiger partial charge in [0.2, 0.25) is 5.78 Å². The van der Waals surface area contributed by atoms with Crippen molar-refractivity contribution in [3.05, 3.63) is 47.7 Å². The zero-order valence-electron chi connectivity index (χ0n) is 21.2. The van der Waals surface area contributed by atoms with Crippen LogP contribution in [0.3, 0.4) is 0 Å². The first-order valence-electron chi connectivity index (χ1n) is 12.7. The average Bonchev–Trinajstić information content (AvgIpc) is 3.74. The number of hydrogen-bond donors (Lipinski definition) is 3. The molecule has 4 N–H and O–H groups in total. The van der Waals surface area contributed by atoms with Crippen molar-refractivity contribution >= 4 is 52.6 Å². The highest BCUT2D eigenvalue weighted by molar-refractivity contribution is 8.00. The number of aromatic nitrogens is 7. The van der Waals surface area contributed by atoms with Crippen LogP contribution in [0.5, 0.6) is 0 Å². The molecule has 3 saturated heterocycles. The molecule has 41 heavy (non-hydrogen) atoms. The van der Waals surface area contributed by atoms with Crippen LogP contribution in [0.1, 0.15) is 11.6 Å². The summed E-state index contributed by atoms with van der Waals surface area (Å²) in [4.78, 5) is 29.2. The molecule has 3 fully saturated rings. The van der Waals surface area contributed by atoms with Gasteiger partial charge in [-0.1, -0.05) is 0 Å². The van der Waals surface area contributed by atoms with Crippen LogP contribution in [0.25, 0.3) is 16.9 Å². The van der Waals surface area contributed by atoms with E-state index in [0.717, 1.165) is 0 Å². The molecule has 2 unspecified atom stereocenters. The van der Waals surface area contributed by atoms with Gasteiger partial charge in [-0.15, -0.1) is 11.8 Å². The Morgan fingerprint density at radius 1 is 1.00 bits per heavy atom. The predicted octanol–water partition coefficient (Wildman–Crippen LogP) is 0.233. The summed E-state index contributed by atoms with van der Waals surface area (Å²) in [5.74, 6) is 0.329. The minimum absolute atomic E-state index is 0.0427. The number of nitrogens with zero attached hydrogens (tertiary/aromatic N) is 7. The number of aliphatic hydroxyl groups is 2. The number of nitrogen functional groups attached to an aromatic ring is 1. The summed E-state index contributed by atoms with van der Waals surface area (Å²) < 4.78 is 34.5. The lowest BCUT2D eigenvalue weighted by molar-refractivity contribution is -0.0443. The normalized spacial score (nSPS) is 34.4. The molecule has 2 bridgehead atoms. The summed E-state index contributed by atoms with van der Waals surface area (Å²) in [6, 6.07) is 1.39. The third-order valence-corrected chi connectivity index (χ3v) is 10.2. The Hall–Kier alpha value is -2.30. The molecule has 4 aromatic rings. The van der Waals surface area contributed by atoms with E-state index >= 15 is 0 Å². The van der Waals surface area contributed by atoms with Crippen LogP contribution in [0, 0.1) is 5.92 Å². The third-order valence-electron chi connectivity index (χ3n) is 7.37. The number of anilines is 1. The van der Waals surface area contributed by atoms with Gasteiger partial charge in [-0.05, 0) is 0 Å². The fraction of sp³-hybridized carbons (Fsp3) is 0.500. The van der Waals surface area contributed by atoms with Gasteiger partial charge in [0.05, 0.1) is 32.3 Å². The Balaban J connectivity index is 1.10. The number of hydrogen-bond acceptors (Lipinski definition) is 14. The van der Waals surface area contributed by atoms with Gasteiger partial charge in [-0.3, -0.25) is 18.3 Å². The maximum Gasteiger partial charge on any atom is 0.258 e. The largest absolute Gasteiger partial charge is 0.390 e. The van der Waals surface area contributed by atoms with Crippen molar-refractivity contribution in [1.82, 2.24) is 33.5 Å². The number of ether oxygens (including phenoxy) is 1. The number of imidazole rings is 2. The first kappa shape index (κ1) is 27.5. The van der Waals surface area contributed by atoms with Crippen LogP contribution < -0.4 is 11.3 Å². The van der Waals surface area contributed by atoms with Gasteiger partial charge in [0.25, 0.3) is 5.56 Å². The fourth-order valence-corrected chi connectivity index (χ4v) is 8.27. The second kappa shape index (κ2) is 11.4. The lowest BCUT2D eigenvalue weighted by Gasteiger charge is -2.24. The number of aliphatic hydroxyl groups excluding tert-OH is 2. The molecule has 0 radical (unpaired) electrons. The molecule has 3 aliphatic rings. The van der Waals surface area contributed by atoms with Crippen molar-refractivity contribution in [3.8, 4) is 0 Å². The van der Waals surface area contributed by atoms with E-state index < -0.39 is 45.1 Å². The van der Waals surface area contributed by atoms with E-state index in [1.54, 1.807) is 27.9 Å². The van der Waals surface area contributed by atoms with Crippen molar-refractivity contribution in [2.75, 3.05) is 25.6 Å². The molecule has 10 atom stereocenters. The maximum absolute atomic E-state index is 12.2. The average molecular weight is 625 g/mol. The molecule has 0 amide bonds. The zero-order valence-corrected chi connectivity index (χ0v) is 24.0. The van der Waals surface area contributed by atoms with Gasteiger partial charge >= 0.3 is 0 Å². The molecule has 7 rings (SSSR count). The standard InChI is InChI=1S/C22H26N8O8P2S/c23-18-14-19(26-8-25-18)30(9-27-14)21-15(32)10-5-34-39-35-6-11-16(33)17(38-40-36-7-12(10)41-21)20(37-11)29-3-1-13(31)28-4-2-24-22(28)29/h1-4,8-12,15-17,20-21,32-33,39-40H,5-7H2,(H2,23,25,26)/t10-,11-,12-,15-,16-,17-,20-,21-/m1/s1. The van der Waals surface area contributed by atoms with Crippen LogP contribution in [-0.2, 0) is 22.8 Å². The second-order valence-electron chi connectivity index (χ2n) is 9.70. The van der Waals surface area contributed by atoms with E-state index in [1.165, 1.54) is 34.8 Å². The van der Waals surface area contributed by atoms with Crippen LogP contribution in [0.4, 0.5) is 5.82 Å². The highest BCUT2D eigenvalue weighted by Crippen LogP contribution is 2.48. The molecule has 0 saturated carbocycles. The van der Waals surface area contributed by atoms with Crippen molar-refractivity contribution in [1.29, 1.82) is 0 Å². The third kappa shape index (κ3) is 4.93. The molecule has 0 aromatic carbocycles. The molecule has 218 valence electrons. The van der Waals surface area contributed by atoms with E-state index in [9.17, 15) is 15.0 Å². The zero-order chi connectivity index (χ0) is 28.1.